The Kier molecular flexibility index (Phi) is 10.2. The highest BCUT2D eigenvalue weighted by Gasteiger charge is 2.20. The molecular formula is C21H38N4OS. The molecule has 6 heteroatoms. The van der Waals surface area contributed by atoms with Crippen LogP contribution in [-0.4, -0.2) is 62.3 Å². The fourth-order valence-corrected chi connectivity index (χ4v) is 4.19. The zero-order valence-corrected chi connectivity index (χ0v) is 18.4. The molecule has 1 aromatic heterocycles. The lowest BCUT2D eigenvalue weighted by molar-refractivity contribution is 0.0532. The van der Waals surface area contributed by atoms with E-state index in [1.807, 2.05) is 11.3 Å². The predicted molar refractivity (Wildman–Crippen MR) is 117 cm³/mol. The van der Waals surface area contributed by atoms with Crippen LogP contribution in [0.25, 0.3) is 0 Å². The number of hydrogen-bond donors (Lipinski definition) is 2. The van der Waals surface area contributed by atoms with Crippen molar-refractivity contribution in [3.05, 3.63) is 22.4 Å². The van der Waals surface area contributed by atoms with E-state index in [1.165, 1.54) is 4.88 Å². The predicted octanol–water partition coefficient (Wildman–Crippen LogP) is 3.37. The molecule has 1 fully saturated rings. The van der Waals surface area contributed by atoms with E-state index in [1.54, 1.807) is 0 Å². The van der Waals surface area contributed by atoms with Crippen LogP contribution in [0.15, 0.2) is 22.5 Å². The molecule has 2 rings (SSSR count). The highest BCUT2D eigenvalue weighted by atomic mass is 32.1. The smallest absolute Gasteiger partial charge is 0.191 e. The molecule has 2 heterocycles. The molecule has 0 bridgehead atoms. The van der Waals surface area contributed by atoms with Crippen LogP contribution in [0.5, 0.6) is 0 Å². The van der Waals surface area contributed by atoms with Crippen LogP contribution in [0.3, 0.4) is 0 Å². The van der Waals surface area contributed by atoms with Crippen molar-refractivity contribution in [1.82, 2.24) is 15.5 Å². The van der Waals surface area contributed by atoms with Gasteiger partial charge >= 0.3 is 0 Å². The van der Waals surface area contributed by atoms with Gasteiger partial charge in [0.05, 0.1) is 12.7 Å². The Morgan fingerprint density at radius 2 is 2.11 bits per heavy atom. The van der Waals surface area contributed by atoms with Crippen molar-refractivity contribution >= 4 is 17.3 Å². The third-order valence-electron chi connectivity index (χ3n) is 4.82. The number of nitrogens with one attached hydrogen (secondary N) is 2. The fraction of sp³-hybridized carbons (Fsp3) is 0.762. The standard InChI is InChI=1S/C21H38N4OS/c1-5-22-21(23-16-18(4)15-20-7-6-14-27-20)24-19-8-10-25(11-9-19)12-13-26-17(2)3/h6-7,14,17-19H,5,8-13,15-16H2,1-4H3,(H2,22,23,24). The van der Waals surface area contributed by atoms with Gasteiger partial charge < -0.3 is 20.3 Å². The molecule has 0 amide bonds. The summed E-state index contributed by atoms with van der Waals surface area (Å²) in [6.07, 6.45) is 3.76. The summed E-state index contributed by atoms with van der Waals surface area (Å²) in [5, 5.41) is 9.21. The molecule has 2 N–H and O–H groups in total. The minimum Gasteiger partial charge on any atom is -0.377 e. The lowest BCUT2D eigenvalue weighted by atomic mass is 10.1. The molecule has 0 saturated carbocycles. The van der Waals surface area contributed by atoms with Gasteiger partial charge in [0.15, 0.2) is 5.96 Å². The fourth-order valence-electron chi connectivity index (χ4n) is 3.32. The number of piperidine rings is 1. The third-order valence-corrected chi connectivity index (χ3v) is 5.72. The number of hydrogen-bond acceptors (Lipinski definition) is 4. The van der Waals surface area contributed by atoms with Crippen LogP contribution in [0.2, 0.25) is 0 Å². The number of nitrogens with zero attached hydrogens (tertiary/aromatic N) is 2. The normalized spacial score (nSPS) is 18.0. The van der Waals surface area contributed by atoms with E-state index < -0.39 is 0 Å². The van der Waals surface area contributed by atoms with Crippen molar-refractivity contribution in [3.63, 3.8) is 0 Å². The van der Waals surface area contributed by atoms with Crippen molar-refractivity contribution in [1.29, 1.82) is 0 Å². The zero-order chi connectivity index (χ0) is 19.5. The Bertz CT molecular complexity index is 524. The van der Waals surface area contributed by atoms with E-state index in [-0.39, 0.29) is 0 Å². The maximum Gasteiger partial charge on any atom is 0.191 e. The molecule has 5 nitrogen and oxygen atoms in total. The van der Waals surface area contributed by atoms with Gasteiger partial charge in [0, 0.05) is 43.6 Å². The molecule has 1 saturated heterocycles. The van der Waals surface area contributed by atoms with Gasteiger partial charge in [-0.2, -0.15) is 0 Å². The Labute approximate surface area is 169 Å². The number of ether oxygens (including phenoxy) is 1. The van der Waals surface area contributed by atoms with E-state index in [9.17, 15) is 0 Å². The van der Waals surface area contributed by atoms with Crippen molar-refractivity contribution in [2.75, 3.05) is 39.3 Å². The molecule has 0 aliphatic carbocycles. The second kappa shape index (κ2) is 12.4. The summed E-state index contributed by atoms with van der Waals surface area (Å²) in [5.41, 5.74) is 0. The summed E-state index contributed by atoms with van der Waals surface area (Å²) in [7, 11) is 0. The Morgan fingerprint density at radius 1 is 1.33 bits per heavy atom. The number of likely N-dealkylation sites (tertiary alicyclic amines) is 1. The maximum atomic E-state index is 5.67. The van der Waals surface area contributed by atoms with E-state index in [2.05, 4.69) is 60.7 Å². The van der Waals surface area contributed by atoms with Gasteiger partial charge in [0.1, 0.15) is 0 Å². The number of guanidine groups is 1. The lowest BCUT2D eigenvalue weighted by Gasteiger charge is -2.33. The van der Waals surface area contributed by atoms with Gasteiger partial charge in [-0.3, -0.25) is 4.99 Å². The van der Waals surface area contributed by atoms with Crippen LogP contribution in [0, 0.1) is 5.92 Å². The zero-order valence-electron chi connectivity index (χ0n) is 17.5. The minimum atomic E-state index is 0.324. The summed E-state index contributed by atoms with van der Waals surface area (Å²) in [6.45, 7) is 14.5. The van der Waals surface area contributed by atoms with Crippen molar-refractivity contribution in [3.8, 4) is 0 Å². The molecule has 0 aromatic carbocycles. The molecule has 0 spiro atoms. The van der Waals surface area contributed by atoms with Crippen LogP contribution in [-0.2, 0) is 11.2 Å². The van der Waals surface area contributed by atoms with Gasteiger partial charge in [-0.25, -0.2) is 0 Å². The second-order valence-corrected chi connectivity index (χ2v) is 8.82. The summed E-state index contributed by atoms with van der Waals surface area (Å²) in [5.74, 6) is 1.53. The average Bonchev–Trinajstić information content (AvgIpc) is 3.14. The van der Waals surface area contributed by atoms with Crippen molar-refractivity contribution in [2.45, 2.75) is 59.1 Å². The number of aliphatic imine (C=N–C) groups is 1. The maximum absolute atomic E-state index is 5.67. The molecule has 27 heavy (non-hydrogen) atoms. The van der Waals surface area contributed by atoms with Crippen LogP contribution >= 0.6 is 11.3 Å². The molecule has 1 aromatic rings. The molecule has 1 aliphatic heterocycles. The number of rotatable bonds is 10. The third kappa shape index (κ3) is 9.08. The summed E-state index contributed by atoms with van der Waals surface area (Å²) < 4.78 is 5.67. The summed E-state index contributed by atoms with van der Waals surface area (Å²) in [6, 6.07) is 4.86. The second-order valence-electron chi connectivity index (χ2n) is 7.79. The van der Waals surface area contributed by atoms with Crippen LogP contribution in [0.1, 0.15) is 45.4 Å². The Balaban J connectivity index is 1.72. The molecule has 1 atom stereocenters. The molecule has 154 valence electrons. The van der Waals surface area contributed by atoms with E-state index >= 15 is 0 Å². The van der Waals surface area contributed by atoms with Crippen molar-refractivity contribution in [2.24, 2.45) is 10.9 Å². The monoisotopic (exact) mass is 394 g/mol. The van der Waals surface area contributed by atoms with E-state index in [0.29, 0.717) is 18.1 Å². The van der Waals surface area contributed by atoms with Gasteiger partial charge in [0.25, 0.3) is 0 Å². The SMILES string of the molecule is CCNC(=NCC(C)Cc1cccs1)NC1CCN(CCOC(C)C)CC1. The quantitative estimate of drug-likeness (QED) is 0.472. The lowest BCUT2D eigenvalue weighted by Crippen LogP contribution is -2.49. The van der Waals surface area contributed by atoms with Gasteiger partial charge in [0.2, 0.25) is 0 Å². The van der Waals surface area contributed by atoms with Gasteiger partial charge in [-0.05, 0) is 57.4 Å². The first-order valence-electron chi connectivity index (χ1n) is 10.5. The Morgan fingerprint density at radius 3 is 2.74 bits per heavy atom. The molecule has 0 radical (unpaired) electrons. The van der Waals surface area contributed by atoms with Crippen molar-refractivity contribution < 1.29 is 4.74 Å². The first-order valence-corrected chi connectivity index (χ1v) is 11.4. The summed E-state index contributed by atoms with van der Waals surface area (Å²) in [4.78, 5) is 8.80. The highest BCUT2D eigenvalue weighted by Crippen LogP contribution is 2.15. The molecule has 1 aliphatic rings. The Hall–Kier alpha value is -1.11. The largest absolute Gasteiger partial charge is 0.377 e. The first kappa shape index (κ1) is 22.2. The topological polar surface area (TPSA) is 48.9 Å². The van der Waals surface area contributed by atoms with Gasteiger partial charge in [-0.1, -0.05) is 13.0 Å². The van der Waals surface area contributed by atoms with E-state index in [4.69, 9.17) is 9.73 Å². The summed E-state index contributed by atoms with van der Waals surface area (Å²) >= 11 is 1.84. The molecule has 1 unspecified atom stereocenters. The first-order chi connectivity index (χ1) is 13.1. The van der Waals surface area contributed by atoms with Crippen LogP contribution in [0.4, 0.5) is 0 Å². The molecular weight excluding hydrogens is 356 g/mol. The van der Waals surface area contributed by atoms with E-state index in [0.717, 1.165) is 64.6 Å². The number of thiophene rings is 1. The van der Waals surface area contributed by atoms with Gasteiger partial charge in [-0.15, -0.1) is 11.3 Å². The van der Waals surface area contributed by atoms with Crippen LogP contribution < -0.4 is 10.6 Å². The minimum absolute atomic E-state index is 0.324. The average molecular weight is 395 g/mol. The highest BCUT2D eigenvalue weighted by molar-refractivity contribution is 7.09.